The maximum absolute atomic E-state index is 12.4. The molecule has 0 saturated carbocycles. The average Bonchev–Trinajstić information content (AvgIpc) is 2.90. The Balaban J connectivity index is 1.65. The lowest BCUT2D eigenvalue weighted by Crippen LogP contribution is -2.20. The van der Waals surface area contributed by atoms with Crippen molar-refractivity contribution in [3.8, 4) is 28.8 Å². The summed E-state index contributed by atoms with van der Waals surface area (Å²) in [6, 6.07) is 16.8. The summed E-state index contributed by atoms with van der Waals surface area (Å²) >= 11 is 0. The number of pyridine rings is 2. The van der Waals surface area contributed by atoms with Crippen molar-refractivity contribution < 1.29 is 19.8 Å². The van der Waals surface area contributed by atoms with Crippen LogP contribution in [0.15, 0.2) is 67.0 Å². The predicted octanol–water partition coefficient (Wildman–Crippen LogP) is 3.23. The number of carbonyl (C=O) groups is 1. The van der Waals surface area contributed by atoms with Crippen molar-refractivity contribution in [2.24, 2.45) is 0 Å². The van der Waals surface area contributed by atoms with Crippen LogP contribution in [0.25, 0.3) is 22.2 Å². The molecule has 0 fully saturated rings. The van der Waals surface area contributed by atoms with E-state index < -0.39 is 5.91 Å². The Morgan fingerprint density at radius 2 is 1.71 bits per heavy atom. The van der Waals surface area contributed by atoms with Crippen LogP contribution in [0.5, 0.6) is 5.75 Å². The van der Waals surface area contributed by atoms with Crippen LogP contribution in [-0.2, 0) is 0 Å². The quantitative estimate of drug-likeness (QED) is 0.201. The van der Waals surface area contributed by atoms with Gasteiger partial charge in [0.1, 0.15) is 5.69 Å². The van der Waals surface area contributed by atoms with Gasteiger partial charge in [-0.3, -0.25) is 15.0 Å². The minimum absolute atomic E-state index is 0.0747. The lowest BCUT2D eigenvalue weighted by atomic mass is 10.0. The number of methoxy groups -OCH3 is 1. The van der Waals surface area contributed by atoms with E-state index in [1.54, 1.807) is 17.7 Å². The number of amides is 1. The first-order chi connectivity index (χ1) is 16.6. The number of anilines is 1. The largest absolute Gasteiger partial charge is 0.494 e. The number of ether oxygens (including phenoxy) is 1. The number of aliphatic hydroxyl groups excluding tert-OH is 1. The van der Waals surface area contributed by atoms with Crippen LogP contribution < -0.4 is 15.5 Å². The molecular formula is C26H22N4O4. The minimum Gasteiger partial charge on any atom is -0.494 e. The average molecular weight is 454 g/mol. The van der Waals surface area contributed by atoms with Gasteiger partial charge in [0.05, 0.1) is 24.8 Å². The number of aromatic nitrogens is 2. The second-order valence-electron chi connectivity index (χ2n) is 7.26. The van der Waals surface area contributed by atoms with Crippen molar-refractivity contribution in [2.45, 2.75) is 0 Å². The summed E-state index contributed by atoms with van der Waals surface area (Å²) in [4.78, 5) is 21.1. The van der Waals surface area contributed by atoms with E-state index in [-0.39, 0.29) is 17.9 Å². The highest BCUT2D eigenvalue weighted by atomic mass is 16.5. The third-order valence-electron chi connectivity index (χ3n) is 5.11. The highest BCUT2D eigenvalue weighted by Crippen LogP contribution is 2.36. The van der Waals surface area contributed by atoms with E-state index in [4.69, 9.17) is 9.84 Å². The molecule has 4 aromatic rings. The number of benzene rings is 2. The van der Waals surface area contributed by atoms with Gasteiger partial charge >= 0.3 is 0 Å². The zero-order chi connectivity index (χ0) is 23.9. The minimum atomic E-state index is -0.710. The third kappa shape index (κ3) is 4.81. The fraction of sp³-hybridized carbons (Fsp3) is 0.115. The first-order valence-electron chi connectivity index (χ1n) is 10.5. The molecular weight excluding hydrogens is 432 g/mol. The van der Waals surface area contributed by atoms with Crippen LogP contribution in [0.2, 0.25) is 0 Å². The second kappa shape index (κ2) is 10.4. The molecule has 0 saturated heterocycles. The molecule has 0 radical (unpaired) electrons. The number of hydrogen-bond acceptors (Lipinski definition) is 7. The van der Waals surface area contributed by atoms with E-state index in [1.165, 1.54) is 13.3 Å². The van der Waals surface area contributed by atoms with Gasteiger partial charge < -0.3 is 15.2 Å². The molecule has 8 nitrogen and oxygen atoms in total. The van der Waals surface area contributed by atoms with Crippen LogP contribution in [-0.4, -0.2) is 46.5 Å². The van der Waals surface area contributed by atoms with Crippen molar-refractivity contribution >= 4 is 22.5 Å². The van der Waals surface area contributed by atoms with Crippen molar-refractivity contribution in [2.75, 3.05) is 25.6 Å². The summed E-state index contributed by atoms with van der Waals surface area (Å²) in [5, 5.41) is 21.7. The zero-order valence-electron chi connectivity index (χ0n) is 18.4. The lowest BCUT2D eigenvalue weighted by Gasteiger charge is -2.14. The molecule has 2 aromatic heterocycles. The van der Waals surface area contributed by atoms with Gasteiger partial charge in [0.15, 0.2) is 5.75 Å². The molecule has 0 atom stereocenters. The van der Waals surface area contributed by atoms with Gasteiger partial charge in [-0.1, -0.05) is 24.0 Å². The second-order valence-corrected chi connectivity index (χ2v) is 7.26. The molecule has 2 heterocycles. The highest BCUT2D eigenvalue weighted by Gasteiger charge is 2.22. The van der Waals surface area contributed by atoms with Gasteiger partial charge in [-0.15, -0.1) is 0 Å². The van der Waals surface area contributed by atoms with E-state index in [2.05, 4.69) is 27.1 Å². The molecule has 170 valence electrons. The number of fused-ring (bicyclic) bond motifs is 1. The normalized spacial score (nSPS) is 10.3. The number of nitrogens with one attached hydrogen (secondary N) is 2. The summed E-state index contributed by atoms with van der Waals surface area (Å²) < 4.78 is 5.52. The van der Waals surface area contributed by atoms with Gasteiger partial charge in [0.2, 0.25) is 0 Å². The van der Waals surface area contributed by atoms with Gasteiger partial charge in [-0.2, -0.15) is 0 Å². The Hall–Kier alpha value is -4.45. The van der Waals surface area contributed by atoms with Gasteiger partial charge in [0, 0.05) is 46.7 Å². The first-order valence-corrected chi connectivity index (χ1v) is 10.5. The van der Waals surface area contributed by atoms with E-state index in [0.717, 1.165) is 22.4 Å². The molecule has 0 spiro atoms. The summed E-state index contributed by atoms with van der Waals surface area (Å²) in [7, 11) is 1.45. The molecule has 0 aliphatic rings. The monoisotopic (exact) mass is 454 g/mol. The Morgan fingerprint density at radius 1 is 1.03 bits per heavy atom. The molecule has 0 aliphatic heterocycles. The topological polar surface area (TPSA) is 117 Å². The molecule has 2 aromatic carbocycles. The number of carbonyl (C=O) groups excluding carboxylic acids is 1. The lowest BCUT2D eigenvalue weighted by molar-refractivity contribution is 0.0705. The predicted molar refractivity (Wildman–Crippen MR) is 129 cm³/mol. The smallest absolute Gasteiger partial charge is 0.279 e. The SMILES string of the molecule is COc1c(-c2ccc(C#Cc3ccc(NCCO)cc3)cc2)nc2ccncc2c1C(=O)NO. The van der Waals surface area contributed by atoms with Crippen molar-refractivity contribution in [1.82, 2.24) is 15.4 Å². The number of hydrogen-bond donors (Lipinski definition) is 4. The van der Waals surface area contributed by atoms with E-state index in [0.29, 0.717) is 23.1 Å². The van der Waals surface area contributed by atoms with E-state index >= 15 is 0 Å². The molecule has 4 rings (SSSR count). The van der Waals surface area contributed by atoms with Gasteiger partial charge in [-0.05, 0) is 42.5 Å². The standard InChI is InChI=1S/C26H22N4O4/c1-34-25-23(26(32)30-33)21-16-27-13-12-22(21)29-24(25)19-8-4-17(5-9-19)2-3-18-6-10-20(11-7-18)28-14-15-31/h4-13,16,28,31,33H,14-15H2,1H3,(H,30,32). The van der Waals surface area contributed by atoms with Crippen LogP contribution in [0, 0.1) is 11.8 Å². The maximum Gasteiger partial charge on any atom is 0.279 e. The Morgan fingerprint density at radius 3 is 2.32 bits per heavy atom. The Kier molecular flexibility index (Phi) is 6.98. The summed E-state index contributed by atoms with van der Waals surface area (Å²) in [5.74, 6) is 5.79. The summed E-state index contributed by atoms with van der Waals surface area (Å²) in [6.45, 7) is 0.572. The fourth-order valence-electron chi connectivity index (χ4n) is 3.49. The first kappa shape index (κ1) is 22.7. The maximum atomic E-state index is 12.4. The molecule has 4 N–H and O–H groups in total. The van der Waals surface area contributed by atoms with Crippen LogP contribution in [0.3, 0.4) is 0 Å². The van der Waals surface area contributed by atoms with Crippen molar-refractivity contribution in [3.63, 3.8) is 0 Å². The van der Waals surface area contributed by atoms with E-state index in [9.17, 15) is 10.0 Å². The zero-order valence-corrected chi connectivity index (χ0v) is 18.4. The van der Waals surface area contributed by atoms with Gasteiger partial charge in [-0.25, -0.2) is 10.5 Å². The molecule has 8 heteroatoms. The molecule has 0 aliphatic carbocycles. The number of rotatable bonds is 6. The molecule has 0 bridgehead atoms. The van der Waals surface area contributed by atoms with Crippen molar-refractivity contribution in [1.29, 1.82) is 0 Å². The Bertz CT molecular complexity index is 1370. The fourth-order valence-corrected chi connectivity index (χ4v) is 3.49. The Labute approximate surface area is 196 Å². The number of aliphatic hydroxyl groups is 1. The van der Waals surface area contributed by atoms with E-state index in [1.807, 2.05) is 48.5 Å². The van der Waals surface area contributed by atoms with Crippen LogP contribution >= 0.6 is 0 Å². The number of hydroxylamine groups is 1. The molecule has 1 amide bonds. The number of nitrogens with zero attached hydrogens (tertiary/aromatic N) is 2. The summed E-state index contributed by atoms with van der Waals surface area (Å²) in [5.41, 5.74) is 6.16. The molecule has 0 unspecified atom stereocenters. The van der Waals surface area contributed by atoms with Crippen molar-refractivity contribution in [3.05, 3.63) is 83.7 Å². The highest BCUT2D eigenvalue weighted by molar-refractivity contribution is 6.09. The molecule has 34 heavy (non-hydrogen) atoms. The third-order valence-corrected chi connectivity index (χ3v) is 5.11. The van der Waals surface area contributed by atoms with Crippen LogP contribution in [0.4, 0.5) is 5.69 Å². The summed E-state index contributed by atoms with van der Waals surface area (Å²) in [6.07, 6.45) is 3.09. The van der Waals surface area contributed by atoms with Crippen LogP contribution in [0.1, 0.15) is 21.5 Å². The van der Waals surface area contributed by atoms with Gasteiger partial charge in [0.25, 0.3) is 5.91 Å².